The van der Waals surface area contributed by atoms with Crippen molar-refractivity contribution in [1.82, 2.24) is 0 Å². The molecule has 2 aliphatic rings. The van der Waals surface area contributed by atoms with Crippen LogP contribution < -0.4 is 10.1 Å². The summed E-state index contributed by atoms with van der Waals surface area (Å²) in [7, 11) is 0. The maximum atomic E-state index is 5.87. The van der Waals surface area contributed by atoms with E-state index in [-0.39, 0.29) is 0 Å². The van der Waals surface area contributed by atoms with Gasteiger partial charge in [-0.15, -0.1) is 0 Å². The van der Waals surface area contributed by atoms with Crippen molar-refractivity contribution in [3.63, 3.8) is 0 Å². The van der Waals surface area contributed by atoms with Crippen molar-refractivity contribution >= 4 is 5.69 Å². The van der Waals surface area contributed by atoms with Crippen molar-refractivity contribution in [2.75, 3.05) is 25.1 Å². The molecule has 3 nitrogen and oxygen atoms in total. The molecule has 1 N–H and O–H groups in total. The maximum Gasteiger partial charge on any atom is 0.124 e. The van der Waals surface area contributed by atoms with Gasteiger partial charge in [-0.2, -0.15) is 0 Å². The number of benzene rings is 1. The Balaban J connectivity index is 1.67. The summed E-state index contributed by atoms with van der Waals surface area (Å²) in [6, 6.07) is 6.21. The molecule has 1 aromatic carbocycles. The minimum atomic E-state index is 0.296. The van der Waals surface area contributed by atoms with Gasteiger partial charge in [0, 0.05) is 24.4 Å². The Kier molecular flexibility index (Phi) is 2.70. The minimum Gasteiger partial charge on any atom is -0.491 e. The molecule has 0 aromatic heterocycles. The number of fused-ring (bicyclic) bond motifs is 1. The van der Waals surface area contributed by atoms with Gasteiger partial charge in [-0.25, -0.2) is 0 Å². The molecule has 2 heterocycles. The van der Waals surface area contributed by atoms with Crippen molar-refractivity contribution in [3.05, 3.63) is 23.8 Å². The van der Waals surface area contributed by atoms with E-state index in [0.29, 0.717) is 12.7 Å². The van der Waals surface area contributed by atoms with Crippen LogP contribution in [0.15, 0.2) is 18.2 Å². The van der Waals surface area contributed by atoms with Gasteiger partial charge in [-0.1, -0.05) is 6.07 Å². The second-order valence-corrected chi connectivity index (χ2v) is 4.41. The van der Waals surface area contributed by atoms with Crippen LogP contribution in [0.1, 0.15) is 18.4 Å². The predicted octanol–water partition coefficient (Wildman–Crippen LogP) is 2.21. The standard InChI is InChI=1S/C13H17NO2/c1-4-12-11(6-7-14-12)13(5-1)16-9-10-3-2-8-15-10/h1,4-5,10,14H,2-3,6-9H2. The zero-order valence-corrected chi connectivity index (χ0v) is 9.37. The lowest BCUT2D eigenvalue weighted by Gasteiger charge is -2.13. The second-order valence-electron chi connectivity index (χ2n) is 4.41. The van der Waals surface area contributed by atoms with Crippen LogP contribution in [0.2, 0.25) is 0 Å². The quantitative estimate of drug-likeness (QED) is 0.845. The number of hydrogen-bond acceptors (Lipinski definition) is 3. The Bertz CT molecular complexity index is 372. The summed E-state index contributed by atoms with van der Waals surface area (Å²) in [5, 5.41) is 3.36. The lowest BCUT2D eigenvalue weighted by atomic mass is 10.1. The van der Waals surface area contributed by atoms with E-state index in [1.165, 1.54) is 17.7 Å². The molecule has 1 fully saturated rings. The summed E-state index contributed by atoms with van der Waals surface area (Å²) in [6.07, 6.45) is 3.66. The first kappa shape index (κ1) is 9.97. The average molecular weight is 219 g/mol. The van der Waals surface area contributed by atoms with Crippen LogP contribution in [0, 0.1) is 0 Å². The van der Waals surface area contributed by atoms with Crippen LogP contribution in [-0.2, 0) is 11.2 Å². The molecule has 0 spiro atoms. The Morgan fingerprint density at radius 3 is 3.31 bits per heavy atom. The Morgan fingerprint density at radius 1 is 1.44 bits per heavy atom. The highest BCUT2D eigenvalue weighted by Gasteiger charge is 2.18. The molecule has 0 saturated carbocycles. The second kappa shape index (κ2) is 4.34. The molecule has 16 heavy (non-hydrogen) atoms. The number of ether oxygens (including phenoxy) is 2. The SMILES string of the molecule is c1cc2c(c(OCC3CCCO3)c1)CCN2. The summed E-state index contributed by atoms with van der Waals surface area (Å²) < 4.78 is 11.4. The zero-order valence-electron chi connectivity index (χ0n) is 9.37. The molecule has 3 rings (SSSR count). The molecule has 1 unspecified atom stereocenters. The largest absolute Gasteiger partial charge is 0.491 e. The van der Waals surface area contributed by atoms with Crippen molar-refractivity contribution in [3.8, 4) is 5.75 Å². The van der Waals surface area contributed by atoms with Crippen molar-refractivity contribution in [2.24, 2.45) is 0 Å². The van der Waals surface area contributed by atoms with Crippen LogP contribution in [-0.4, -0.2) is 25.9 Å². The van der Waals surface area contributed by atoms with Gasteiger partial charge >= 0.3 is 0 Å². The molecule has 0 radical (unpaired) electrons. The van der Waals surface area contributed by atoms with Crippen LogP contribution in [0.25, 0.3) is 0 Å². The lowest BCUT2D eigenvalue weighted by molar-refractivity contribution is 0.0677. The summed E-state index contributed by atoms with van der Waals surface area (Å²) in [4.78, 5) is 0. The van der Waals surface area contributed by atoms with Crippen LogP contribution in [0.5, 0.6) is 5.75 Å². The highest BCUT2D eigenvalue weighted by molar-refractivity contribution is 5.61. The molecule has 1 saturated heterocycles. The molecule has 3 heteroatoms. The normalized spacial score (nSPS) is 22.9. The monoisotopic (exact) mass is 219 g/mol. The molecular formula is C13H17NO2. The Morgan fingerprint density at radius 2 is 2.44 bits per heavy atom. The highest BCUT2D eigenvalue weighted by Crippen LogP contribution is 2.31. The predicted molar refractivity (Wildman–Crippen MR) is 63.1 cm³/mol. The minimum absolute atomic E-state index is 0.296. The fourth-order valence-corrected chi connectivity index (χ4v) is 2.41. The summed E-state index contributed by atoms with van der Waals surface area (Å²) >= 11 is 0. The van der Waals surface area contributed by atoms with Crippen molar-refractivity contribution < 1.29 is 9.47 Å². The number of anilines is 1. The lowest BCUT2D eigenvalue weighted by Crippen LogP contribution is -2.16. The molecule has 0 aliphatic carbocycles. The smallest absolute Gasteiger partial charge is 0.124 e. The van der Waals surface area contributed by atoms with Gasteiger partial charge in [0.25, 0.3) is 0 Å². The van der Waals surface area contributed by atoms with Crippen molar-refractivity contribution in [2.45, 2.75) is 25.4 Å². The van der Waals surface area contributed by atoms with Crippen LogP contribution >= 0.6 is 0 Å². The van der Waals surface area contributed by atoms with Gasteiger partial charge < -0.3 is 14.8 Å². The molecule has 86 valence electrons. The Hall–Kier alpha value is -1.22. The topological polar surface area (TPSA) is 30.5 Å². The third-order valence-corrected chi connectivity index (χ3v) is 3.27. The van der Waals surface area contributed by atoms with Crippen LogP contribution in [0.4, 0.5) is 5.69 Å². The van der Waals surface area contributed by atoms with E-state index in [1.54, 1.807) is 0 Å². The van der Waals surface area contributed by atoms with Gasteiger partial charge in [0.05, 0.1) is 6.10 Å². The fourth-order valence-electron chi connectivity index (χ4n) is 2.41. The van der Waals surface area contributed by atoms with Crippen molar-refractivity contribution in [1.29, 1.82) is 0 Å². The third kappa shape index (κ3) is 1.87. The molecule has 0 amide bonds. The number of hydrogen-bond donors (Lipinski definition) is 1. The van der Waals surface area contributed by atoms with E-state index in [4.69, 9.17) is 9.47 Å². The van der Waals surface area contributed by atoms with Gasteiger partial charge in [-0.3, -0.25) is 0 Å². The zero-order chi connectivity index (χ0) is 10.8. The molecule has 2 aliphatic heterocycles. The third-order valence-electron chi connectivity index (χ3n) is 3.27. The summed E-state index contributed by atoms with van der Waals surface area (Å²) in [5.41, 5.74) is 2.55. The first-order valence-corrected chi connectivity index (χ1v) is 6.03. The maximum absolute atomic E-state index is 5.87. The molecular weight excluding hydrogens is 202 g/mol. The number of nitrogens with one attached hydrogen (secondary N) is 1. The highest BCUT2D eigenvalue weighted by atomic mass is 16.5. The van der Waals surface area contributed by atoms with E-state index in [2.05, 4.69) is 17.4 Å². The van der Waals surface area contributed by atoms with E-state index in [1.807, 2.05) is 6.07 Å². The van der Waals surface area contributed by atoms with Gasteiger partial charge in [0.15, 0.2) is 0 Å². The molecule has 1 aromatic rings. The Labute approximate surface area is 95.8 Å². The number of rotatable bonds is 3. The van der Waals surface area contributed by atoms with E-state index < -0.39 is 0 Å². The molecule has 1 atom stereocenters. The van der Waals surface area contributed by atoms with Gasteiger partial charge in [0.1, 0.15) is 12.4 Å². The first-order valence-electron chi connectivity index (χ1n) is 6.03. The molecule has 0 bridgehead atoms. The van der Waals surface area contributed by atoms with E-state index >= 15 is 0 Å². The van der Waals surface area contributed by atoms with Gasteiger partial charge in [-0.05, 0) is 31.4 Å². The summed E-state index contributed by atoms with van der Waals surface area (Å²) in [5.74, 6) is 1.03. The van der Waals surface area contributed by atoms with E-state index in [0.717, 1.165) is 31.7 Å². The average Bonchev–Trinajstić information content (AvgIpc) is 2.97. The van der Waals surface area contributed by atoms with E-state index in [9.17, 15) is 0 Å². The summed E-state index contributed by atoms with van der Waals surface area (Å²) in [6.45, 7) is 2.61. The fraction of sp³-hybridized carbons (Fsp3) is 0.538. The van der Waals surface area contributed by atoms with Gasteiger partial charge in [0.2, 0.25) is 0 Å². The first-order chi connectivity index (χ1) is 7.93. The van der Waals surface area contributed by atoms with Crippen LogP contribution in [0.3, 0.4) is 0 Å².